The van der Waals surface area contributed by atoms with E-state index in [1.165, 1.54) is 0 Å². The van der Waals surface area contributed by atoms with E-state index < -0.39 is 0 Å². The van der Waals surface area contributed by atoms with Crippen LogP contribution in [0.25, 0.3) is 0 Å². The molecular weight excluding hydrogens is 252 g/mol. The molecule has 2 amide bonds. The maximum atomic E-state index is 12.3. The van der Waals surface area contributed by atoms with Gasteiger partial charge in [-0.25, -0.2) is 0 Å². The fourth-order valence-corrected chi connectivity index (χ4v) is 2.74. The number of carbonyl (C=O) groups excluding carboxylic acids is 2. The monoisotopic (exact) mass is 280 g/mol. The van der Waals surface area contributed by atoms with Gasteiger partial charge in [0.25, 0.3) is 0 Å². The molecule has 0 spiro atoms. The summed E-state index contributed by atoms with van der Waals surface area (Å²) in [6.07, 6.45) is 7.16. The molecule has 0 radical (unpaired) electrons. The lowest BCUT2D eigenvalue weighted by atomic mass is 9.81. The molecule has 0 aromatic heterocycles. The zero-order chi connectivity index (χ0) is 15.0. The molecule has 0 aromatic carbocycles. The molecule has 1 rings (SSSR count). The third kappa shape index (κ3) is 4.99. The van der Waals surface area contributed by atoms with Gasteiger partial charge in [0.1, 0.15) is 0 Å². The Labute approximate surface area is 122 Å². The van der Waals surface area contributed by atoms with E-state index in [-0.39, 0.29) is 23.7 Å². The van der Waals surface area contributed by atoms with E-state index in [1.54, 1.807) is 6.08 Å². The fourth-order valence-electron chi connectivity index (χ4n) is 2.74. The second-order valence-corrected chi connectivity index (χ2v) is 5.70. The Bertz CT molecular complexity index is 333. The van der Waals surface area contributed by atoms with Gasteiger partial charge in [0.15, 0.2) is 0 Å². The number of unbranched alkanes of at least 4 members (excludes halogenated alkanes) is 1. The molecule has 0 aromatic rings. The molecule has 0 saturated heterocycles. The molecule has 0 heterocycles. The minimum atomic E-state index is 0.0694. The number of nitrogens with zero attached hydrogens (tertiary/aromatic N) is 1. The molecule has 4 nitrogen and oxygen atoms in total. The minimum absolute atomic E-state index is 0.0694. The SMILES string of the molecule is C=CCNC(=O)C1CCC(C(=O)N(C)CCCC)CC1. The summed E-state index contributed by atoms with van der Waals surface area (Å²) in [5, 5.41) is 2.84. The average Bonchev–Trinajstić information content (AvgIpc) is 2.49. The second kappa shape index (κ2) is 8.77. The van der Waals surface area contributed by atoms with Crippen molar-refractivity contribution in [1.29, 1.82) is 0 Å². The van der Waals surface area contributed by atoms with Crippen LogP contribution in [0.3, 0.4) is 0 Å². The van der Waals surface area contributed by atoms with Crippen molar-refractivity contribution in [2.75, 3.05) is 20.1 Å². The predicted molar refractivity (Wildman–Crippen MR) is 81.2 cm³/mol. The number of rotatable bonds is 7. The maximum Gasteiger partial charge on any atom is 0.225 e. The number of nitrogens with one attached hydrogen (secondary N) is 1. The Balaban J connectivity index is 2.35. The normalized spacial score (nSPS) is 22.1. The van der Waals surface area contributed by atoms with Crippen molar-refractivity contribution in [1.82, 2.24) is 10.2 Å². The number of amides is 2. The van der Waals surface area contributed by atoms with Gasteiger partial charge in [-0.15, -0.1) is 6.58 Å². The number of hydrogen-bond acceptors (Lipinski definition) is 2. The number of carbonyl (C=O) groups is 2. The van der Waals surface area contributed by atoms with Crippen LogP contribution in [-0.4, -0.2) is 36.9 Å². The van der Waals surface area contributed by atoms with E-state index in [0.29, 0.717) is 6.54 Å². The van der Waals surface area contributed by atoms with Crippen LogP contribution in [-0.2, 0) is 9.59 Å². The summed E-state index contributed by atoms with van der Waals surface area (Å²) in [5.74, 6) is 0.541. The Morgan fingerprint density at radius 3 is 2.40 bits per heavy atom. The van der Waals surface area contributed by atoms with E-state index in [9.17, 15) is 9.59 Å². The topological polar surface area (TPSA) is 49.4 Å². The van der Waals surface area contributed by atoms with Crippen LogP contribution in [0.2, 0.25) is 0 Å². The highest BCUT2D eigenvalue weighted by Gasteiger charge is 2.30. The van der Waals surface area contributed by atoms with Gasteiger partial charge in [-0.1, -0.05) is 19.4 Å². The van der Waals surface area contributed by atoms with E-state index in [4.69, 9.17) is 0 Å². The smallest absolute Gasteiger partial charge is 0.225 e. The summed E-state index contributed by atoms with van der Waals surface area (Å²) >= 11 is 0. The first kappa shape index (κ1) is 16.7. The average molecular weight is 280 g/mol. The van der Waals surface area contributed by atoms with E-state index in [2.05, 4.69) is 18.8 Å². The van der Waals surface area contributed by atoms with Crippen LogP contribution in [0.5, 0.6) is 0 Å². The molecule has 1 saturated carbocycles. The summed E-state index contributed by atoms with van der Waals surface area (Å²) in [6, 6.07) is 0. The van der Waals surface area contributed by atoms with E-state index >= 15 is 0 Å². The molecule has 0 bridgehead atoms. The largest absolute Gasteiger partial charge is 0.352 e. The quantitative estimate of drug-likeness (QED) is 0.728. The van der Waals surface area contributed by atoms with Crippen molar-refractivity contribution in [3.8, 4) is 0 Å². The van der Waals surface area contributed by atoms with Gasteiger partial charge in [0, 0.05) is 32.0 Å². The lowest BCUT2D eigenvalue weighted by molar-refractivity contribution is -0.137. The lowest BCUT2D eigenvalue weighted by Crippen LogP contribution is -2.38. The molecule has 1 fully saturated rings. The summed E-state index contributed by atoms with van der Waals surface area (Å²) in [5.41, 5.74) is 0. The Hall–Kier alpha value is -1.32. The predicted octanol–water partition coefficient (Wildman–Crippen LogP) is 2.35. The Kier molecular flexibility index (Phi) is 7.34. The first-order valence-electron chi connectivity index (χ1n) is 7.73. The maximum absolute atomic E-state index is 12.3. The molecule has 4 heteroatoms. The summed E-state index contributed by atoms with van der Waals surface area (Å²) in [4.78, 5) is 26.0. The molecule has 20 heavy (non-hydrogen) atoms. The van der Waals surface area contributed by atoms with Crippen molar-refractivity contribution in [3.05, 3.63) is 12.7 Å². The summed E-state index contributed by atoms with van der Waals surface area (Å²) in [7, 11) is 1.89. The van der Waals surface area contributed by atoms with Gasteiger partial charge >= 0.3 is 0 Å². The van der Waals surface area contributed by atoms with Crippen LogP contribution in [0.4, 0.5) is 0 Å². The summed E-state index contributed by atoms with van der Waals surface area (Å²) < 4.78 is 0. The standard InChI is InChI=1S/C16H28N2O2/c1-4-6-12-18(3)16(20)14-9-7-13(8-10-14)15(19)17-11-5-2/h5,13-14H,2,4,6-12H2,1,3H3,(H,17,19). The highest BCUT2D eigenvalue weighted by Crippen LogP contribution is 2.30. The summed E-state index contributed by atoms with van der Waals surface area (Å²) in [6.45, 7) is 7.09. The zero-order valence-corrected chi connectivity index (χ0v) is 12.9. The van der Waals surface area contributed by atoms with Crippen molar-refractivity contribution >= 4 is 11.8 Å². The molecule has 0 aliphatic heterocycles. The number of hydrogen-bond donors (Lipinski definition) is 1. The Morgan fingerprint density at radius 1 is 1.25 bits per heavy atom. The van der Waals surface area contributed by atoms with Crippen LogP contribution in [0, 0.1) is 11.8 Å². The van der Waals surface area contributed by atoms with E-state index in [1.807, 2.05) is 11.9 Å². The highest BCUT2D eigenvalue weighted by atomic mass is 16.2. The van der Waals surface area contributed by atoms with Gasteiger partial charge in [-0.05, 0) is 32.1 Å². The molecular formula is C16H28N2O2. The van der Waals surface area contributed by atoms with Crippen molar-refractivity contribution in [3.63, 3.8) is 0 Å². The van der Waals surface area contributed by atoms with Crippen molar-refractivity contribution < 1.29 is 9.59 Å². The highest BCUT2D eigenvalue weighted by molar-refractivity contribution is 5.81. The molecule has 0 atom stereocenters. The van der Waals surface area contributed by atoms with E-state index in [0.717, 1.165) is 45.1 Å². The molecule has 1 aliphatic carbocycles. The molecule has 1 N–H and O–H groups in total. The third-order valence-corrected chi connectivity index (χ3v) is 4.09. The fraction of sp³-hybridized carbons (Fsp3) is 0.750. The second-order valence-electron chi connectivity index (χ2n) is 5.70. The third-order valence-electron chi connectivity index (χ3n) is 4.09. The molecule has 1 aliphatic rings. The van der Waals surface area contributed by atoms with Crippen molar-refractivity contribution in [2.24, 2.45) is 11.8 Å². The van der Waals surface area contributed by atoms with Crippen molar-refractivity contribution in [2.45, 2.75) is 45.4 Å². The van der Waals surface area contributed by atoms with Crippen LogP contribution in [0.15, 0.2) is 12.7 Å². The van der Waals surface area contributed by atoms with Gasteiger partial charge < -0.3 is 10.2 Å². The lowest BCUT2D eigenvalue weighted by Gasteiger charge is -2.30. The van der Waals surface area contributed by atoms with Gasteiger partial charge in [-0.2, -0.15) is 0 Å². The van der Waals surface area contributed by atoms with Gasteiger partial charge in [-0.3, -0.25) is 9.59 Å². The van der Waals surface area contributed by atoms with Crippen LogP contribution in [0.1, 0.15) is 45.4 Å². The Morgan fingerprint density at radius 2 is 1.85 bits per heavy atom. The minimum Gasteiger partial charge on any atom is -0.352 e. The van der Waals surface area contributed by atoms with Gasteiger partial charge in [0.2, 0.25) is 11.8 Å². The zero-order valence-electron chi connectivity index (χ0n) is 12.9. The van der Waals surface area contributed by atoms with Crippen LogP contribution >= 0.6 is 0 Å². The molecule has 114 valence electrons. The first-order chi connectivity index (χ1) is 9.60. The van der Waals surface area contributed by atoms with Crippen LogP contribution < -0.4 is 5.32 Å². The molecule has 0 unspecified atom stereocenters. The first-order valence-corrected chi connectivity index (χ1v) is 7.73. The van der Waals surface area contributed by atoms with Gasteiger partial charge in [0.05, 0.1) is 0 Å².